The quantitative estimate of drug-likeness (QED) is 0.162. The number of para-hydroxylation sites is 1. The summed E-state index contributed by atoms with van der Waals surface area (Å²) in [5.74, 6) is 0.434. The summed E-state index contributed by atoms with van der Waals surface area (Å²) >= 11 is 3.09. The third-order valence-electron chi connectivity index (χ3n) is 5.51. The first-order valence-corrected chi connectivity index (χ1v) is 12.2. The van der Waals surface area contributed by atoms with Gasteiger partial charge < -0.3 is 4.57 Å². The van der Waals surface area contributed by atoms with Gasteiger partial charge >= 0.3 is 0 Å². The molecule has 0 saturated carbocycles. The van der Waals surface area contributed by atoms with E-state index in [1.807, 2.05) is 56.3 Å². The molecule has 5 rings (SSSR count). The summed E-state index contributed by atoms with van der Waals surface area (Å²) in [6, 6.07) is 22.4. The average molecular weight is 456 g/mol. The molecule has 0 amide bonds. The molecule has 0 radical (unpaired) electrons. The maximum atomic E-state index is 13.2. The van der Waals surface area contributed by atoms with Crippen LogP contribution in [0.5, 0.6) is 0 Å². The molecule has 4 nitrogen and oxygen atoms in total. The van der Waals surface area contributed by atoms with Gasteiger partial charge in [0.25, 0.3) is 0 Å². The van der Waals surface area contributed by atoms with E-state index in [9.17, 15) is 4.79 Å². The van der Waals surface area contributed by atoms with Crippen LogP contribution in [0.25, 0.3) is 27.0 Å². The van der Waals surface area contributed by atoms with Crippen molar-refractivity contribution in [2.75, 3.05) is 5.75 Å². The molecule has 6 heteroatoms. The van der Waals surface area contributed by atoms with Gasteiger partial charge in [-0.25, -0.2) is 9.97 Å². The Morgan fingerprint density at radius 3 is 2.47 bits per heavy atom. The number of benzene rings is 2. The molecule has 3 heterocycles. The van der Waals surface area contributed by atoms with Gasteiger partial charge in [-0.3, -0.25) is 4.79 Å². The normalized spacial score (nSPS) is 11.2. The summed E-state index contributed by atoms with van der Waals surface area (Å²) in [5.41, 5.74) is 6.09. The molecule has 0 fully saturated rings. The maximum absolute atomic E-state index is 13.2. The maximum Gasteiger partial charge on any atom is 0.174 e. The molecule has 0 aliphatic heterocycles. The Balaban J connectivity index is 1.44. The minimum atomic E-state index is 0.105. The van der Waals surface area contributed by atoms with E-state index < -0.39 is 0 Å². The van der Waals surface area contributed by atoms with Crippen LogP contribution >= 0.6 is 23.1 Å². The van der Waals surface area contributed by atoms with Crippen molar-refractivity contribution in [2.24, 2.45) is 0 Å². The molecule has 3 aromatic heterocycles. The van der Waals surface area contributed by atoms with Gasteiger partial charge in [-0.1, -0.05) is 60.3 Å². The molecule has 5 aromatic rings. The van der Waals surface area contributed by atoms with E-state index in [2.05, 4.69) is 44.2 Å². The largest absolute Gasteiger partial charge is 0.318 e. The van der Waals surface area contributed by atoms with Crippen LogP contribution in [0.2, 0.25) is 0 Å². The number of hydrogen-bond acceptors (Lipinski definition) is 5. The summed E-state index contributed by atoms with van der Waals surface area (Å²) in [7, 11) is 0. The number of Topliss-reactive ketones (excluding diaryl/α,β-unsaturated/α-hetero) is 1. The van der Waals surface area contributed by atoms with Crippen LogP contribution in [0.4, 0.5) is 0 Å². The van der Waals surface area contributed by atoms with Crippen molar-refractivity contribution in [3.05, 3.63) is 95.4 Å². The van der Waals surface area contributed by atoms with Crippen molar-refractivity contribution in [3.63, 3.8) is 0 Å². The highest BCUT2D eigenvalue weighted by atomic mass is 32.2. The van der Waals surface area contributed by atoms with E-state index in [0.717, 1.165) is 49.0 Å². The van der Waals surface area contributed by atoms with E-state index in [4.69, 9.17) is 0 Å². The molecule has 0 aliphatic rings. The van der Waals surface area contributed by atoms with Crippen LogP contribution in [0, 0.1) is 13.8 Å². The van der Waals surface area contributed by atoms with Gasteiger partial charge in [-0.15, -0.1) is 11.3 Å². The van der Waals surface area contributed by atoms with Crippen LogP contribution in [0.1, 0.15) is 21.7 Å². The van der Waals surface area contributed by atoms with Gasteiger partial charge in [0.05, 0.1) is 11.1 Å². The summed E-state index contributed by atoms with van der Waals surface area (Å²) in [6.07, 6.45) is 1.59. The molecular weight excluding hydrogens is 434 g/mol. The van der Waals surface area contributed by atoms with E-state index in [-0.39, 0.29) is 5.78 Å². The zero-order valence-electron chi connectivity index (χ0n) is 17.8. The predicted molar refractivity (Wildman–Crippen MR) is 133 cm³/mol. The minimum Gasteiger partial charge on any atom is -0.318 e. The van der Waals surface area contributed by atoms with Crippen LogP contribution < -0.4 is 0 Å². The molecule has 0 N–H and O–H groups in total. The standard InChI is InChI=1S/C26H21N3OS2/c1-17-13-21(18(2)29(17)20-11-7-4-8-12-20)23(30)15-32-26-24-22(19-9-5-3-6-10-19)14-31-25(24)27-16-28-26/h3-14,16H,15H2,1-2H3. The topological polar surface area (TPSA) is 47.8 Å². The van der Waals surface area contributed by atoms with Gasteiger partial charge in [0.1, 0.15) is 16.2 Å². The SMILES string of the molecule is Cc1cc(C(=O)CSc2ncnc3scc(-c4ccccc4)c23)c(C)n1-c1ccccc1. The van der Waals surface area contributed by atoms with Crippen molar-refractivity contribution in [1.29, 1.82) is 0 Å². The third kappa shape index (κ3) is 3.76. The third-order valence-corrected chi connectivity index (χ3v) is 7.38. The summed E-state index contributed by atoms with van der Waals surface area (Å²) in [4.78, 5) is 23.1. The molecule has 2 aromatic carbocycles. The second kappa shape index (κ2) is 8.73. The second-order valence-electron chi connectivity index (χ2n) is 7.54. The Morgan fingerprint density at radius 2 is 1.72 bits per heavy atom. The lowest BCUT2D eigenvalue weighted by molar-refractivity contribution is 0.102. The molecule has 158 valence electrons. The first kappa shape index (κ1) is 20.7. The first-order chi connectivity index (χ1) is 15.6. The zero-order valence-corrected chi connectivity index (χ0v) is 19.4. The average Bonchev–Trinajstić information content (AvgIpc) is 3.39. The Labute approximate surface area is 195 Å². The number of hydrogen-bond donors (Lipinski definition) is 0. The van der Waals surface area contributed by atoms with Gasteiger partial charge in [-0.2, -0.15) is 0 Å². The fraction of sp³-hybridized carbons (Fsp3) is 0.115. The Bertz CT molecular complexity index is 1410. The van der Waals surface area contributed by atoms with Crippen molar-refractivity contribution in [1.82, 2.24) is 14.5 Å². The van der Waals surface area contributed by atoms with Gasteiger partial charge in [0.15, 0.2) is 5.78 Å². The number of fused-ring (bicyclic) bond motifs is 1. The highest BCUT2D eigenvalue weighted by Crippen LogP contribution is 2.38. The fourth-order valence-electron chi connectivity index (χ4n) is 4.02. The minimum absolute atomic E-state index is 0.105. The number of ketones is 1. The highest BCUT2D eigenvalue weighted by Gasteiger charge is 2.19. The number of aryl methyl sites for hydroxylation is 1. The van der Waals surface area contributed by atoms with Crippen molar-refractivity contribution < 1.29 is 4.79 Å². The van der Waals surface area contributed by atoms with Crippen LogP contribution in [-0.2, 0) is 0 Å². The summed E-state index contributed by atoms with van der Waals surface area (Å²) in [5, 5.41) is 3.99. The van der Waals surface area contributed by atoms with Gasteiger partial charge in [0.2, 0.25) is 0 Å². The van der Waals surface area contributed by atoms with E-state index in [0.29, 0.717) is 5.75 Å². The lowest BCUT2D eigenvalue weighted by Crippen LogP contribution is -2.06. The lowest BCUT2D eigenvalue weighted by Gasteiger charge is -2.09. The van der Waals surface area contributed by atoms with Crippen LogP contribution in [-0.4, -0.2) is 26.1 Å². The molecule has 0 atom stereocenters. The van der Waals surface area contributed by atoms with Crippen molar-refractivity contribution >= 4 is 39.1 Å². The zero-order chi connectivity index (χ0) is 22.1. The van der Waals surface area contributed by atoms with Gasteiger partial charge in [-0.05, 0) is 37.6 Å². The van der Waals surface area contributed by atoms with Crippen LogP contribution in [0.15, 0.2) is 83.5 Å². The summed E-state index contributed by atoms with van der Waals surface area (Å²) in [6.45, 7) is 4.04. The van der Waals surface area contributed by atoms with E-state index >= 15 is 0 Å². The molecule has 32 heavy (non-hydrogen) atoms. The Morgan fingerprint density at radius 1 is 1.00 bits per heavy atom. The smallest absolute Gasteiger partial charge is 0.174 e. The van der Waals surface area contributed by atoms with Gasteiger partial charge in [0, 0.05) is 33.6 Å². The Hall–Kier alpha value is -3.22. The molecule has 0 aliphatic carbocycles. The number of nitrogens with zero attached hydrogens (tertiary/aromatic N) is 3. The number of carbonyl (C=O) groups excluding carboxylic acids is 1. The fourth-order valence-corrected chi connectivity index (χ4v) is 5.89. The van der Waals surface area contributed by atoms with E-state index in [1.54, 1.807) is 17.7 Å². The molecular formula is C26H21N3OS2. The monoisotopic (exact) mass is 455 g/mol. The highest BCUT2D eigenvalue weighted by molar-refractivity contribution is 8.00. The molecule has 0 unspecified atom stereocenters. The van der Waals surface area contributed by atoms with Crippen molar-refractivity contribution in [2.45, 2.75) is 18.9 Å². The molecule has 0 bridgehead atoms. The number of rotatable bonds is 6. The van der Waals surface area contributed by atoms with E-state index in [1.165, 1.54) is 11.8 Å². The number of thiophene rings is 1. The number of carbonyl (C=O) groups is 1. The number of aromatic nitrogens is 3. The van der Waals surface area contributed by atoms with Crippen molar-refractivity contribution in [3.8, 4) is 16.8 Å². The summed E-state index contributed by atoms with van der Waals surface area (Å²) < 4.78 is 2.13. The molecule has 0 spiro atoms. The second-order valence-corrected chi connectivity index (χ2v) is 9.36. The number of thioether (sulfide) groups is 1. The first-order valence-electron chi connectivity index (χ1n) is 10.3. The lowest BCUT2D eigenvalue weighted by atomic mass is 10.1. The molecule has 0 saturated heterocycles. The van der Waals surface area contributed by atoms with Crippen LogP contribution in [0.3, 0.4) is 0 Å². The Kier molecular flexibility index (Phi) is 5.64. The predicted octanol–water partition coefficient (Wildman–Crippen LogP) is 6.74.